The third kappa shape index (κ3) is 3.66. The van der Waals surface area contributed by atoms with Crippen LogP contribution in [-0.2, 0) is 17.8 Å². The molecule has 0 saturated carbocycles. The quantitative estimate of drug-likeness (QED) is 0.787. The fourth-order valence-electron chi connectivity index (χ4n) is 2.57. The average Bonchev–Trinajstić information content (AvgIpc) is 3.00. The minimum absolute atomic E-state index is 0.0216. The van der Waals surface area contributed by atoms with Crippen LogP contribution in [0, 0.1) is 6.92 Å². The molecule has 23 heavy (non-hydrogen) atoms. The summed E-state index contributed by atoms with van der Waals surface area (Å²) in [6, 6.07) is 17.8. The van der Waals surface area contributed by atoms with Crippen molar-refractivity contribution in [2.45, 2.75) is 19.9 Å². The molecule has 0 aliphatic rings. The number of aromatic nitrogens is 2. The van der Waals surface area contributed by atoms with Gasteiger partial charge in [0.1, 0.15) is 5.82 Å². The Morgan fingerprint density at radius 2 is 1.83 bits per heavy atom. The highest BCUT2D eigenvalue weighted by Crippen LogP contribution is 2.16. The Morgan fingerprint density at radius 1 is 1.09 bits per heavy atom. The SMILES string of the molecule is Cc1nccn1-c1ccccc1CNC(=O)Cc1ccccc1. The standard InChI is InChI=1S/C19H19N3O/c1-15-20-11-12-22(15)18-10-6-5-9-17(18)14-21-19(23)13-16-7-3-2-4-8-16/h2-12H,13-14H2,1H3,(H,21,23). The highest BCUT2D eigenvalue weighted by molar-refractivity contribution is 5.78. The molecule has 0 fully saturated rings. The van der Waals surface area contributed by atoms with E-state index in [-0.39, 0.29) is 5.91 Å². The molecule has 0 spiro atoms. The first-order valence-corrected chi connectivity index (χ1v) is 7.63. The van der Waals surface area contributed by atoms with Gasteiger partial charge >= 0.3 is 0 Å². The molecule has 1 N–H and O–H groups in total. The third-order valence-electron chi connectivity index (χ3n) is 3.76. The molecule has 116 valence electrons. The van der Waals surface area contributed by atoms with Crippen molar-refractivity contribution in [2.75, 3.05) is 0 Å². The summed E-state index contributed by atoms with van der Waals surface area (Å²) in [6.07, 6.45) is 4.10. The van der Waals surface area contributed by atoms with Crippen LogP contribution in [0.2, 0.25) is 0 Å². The molecule has 0 bridgehead atoms. The van der Waals surface area contributed by atoms with Crippen molar-refractivity contribution in [1.29, 1.82) is 0 Å². The van der Waals surface area contributed by atoms with Crippen LogP contribution in [0.4, 0.5) is 0 Å². The van der Waals surface area contributed by atoms with E-state index in [1.165, 1.54) is 0 Å². The van der Waals surface area contributed by atoms with Gasteiger partial charge in [0.25, 0.3) is 0 Å². The Morgan fingerprint density at radius 3 is 2.57 bits per heavy atom. The van der Waals surface area contributed by atoms with Crippen LogP contribution < -0.4 is 5.32 Å². The van der Waals surface area contributed by atoms with Crippen LogP contribution in [0.1, 0.15) is 17.0 Å². The predicted molar refractivity (Wildman–Crippen MR) is 90.3 cm³/mol. The molecular weight excluding hydrogens is 286 g/mol. The van der Waals surface area contributed by atoms with Crippen LogP contribution in [-0.4, -0.2) is 15.5 Å². The summed E-state index contributed by atoms with van der Waals surface area (Å²) in [4.78, 5) is 16.4. The summed E-state index contributed by atoms with van der Waals surface area (Å²) in [6.45, 7) is 2.46. The Bertz CT molecular complexity index is 793. The van der Waals surface area contributed by atoms with Gasteiger partial charge in [-0.15, -0.1) is 0 Å². The molecule has 0 radical (unpaired) electrons. The van der Waals surface area contributed by atoms with Crippen LogP contribution in [0.3, 0.4) is 0 Å². The molecule has 4 heteroatoms. The maximum Gasteiger partial charge on any atom is 0.224 e. The summed E-state index contributed by atoms with van der Waals surface area (Å²) in [7, 11) is 0. The molecule has 3 aromatic rings. The summed E-state index contributed by atoms with van der Waals surface area (Å²) < 4.78 is 2.03. The van der Waals surface area contributed by atoms with Crippen molar-refractivity contribution >= 4 is 5.91 Å². The monoisotopic (exact) mass is 305 g/mol. The van der Waals surface area contributed by atoms with Gasteiger partial charge in [-0.05, 0) is 24.1 Å². The maximum absolute atomic E-state index is 12.1. The van der Waals surface area contributed by atoms with Crippen molar-refractivity contribution in [3.05, 3.63) is 83.9 Å². The van der Waals surface area contributed by atoms with E-state index in [9.17, 15) is 4.79 Å². The highest BCUT2D eigenvalue weighted by Gasteiger charge is 2.08. The van der Waals surface area contributed by atoms with Crippen LogP contribution >= 0.6 is 0 Å². The van der Waals surface area contributed by atoms with Gasteiger partial charge in [0, 0.05) is 18.9 Å². The molecule has 1 heterocycles. The smallest absolute Gasteiger partial charge is 0.224 e. The Hall–Kier alpha value is -2.88. The Kier molecular flexibility index (Phi) is 4.52. The van der Waals surface area contributed by atoms with E-state index in [1.54, 1.807) is 6.20 Å². The lowest BCUT2D eigenvalue weighted by Gasteiger charge is -2.12. The summed E-state index contributed by atoms with van der Waals surface area (Å²) in [5.41, 5.74) is 3.13. The number of hydrogen-bond donors (Lipinski definition) is 1. The molecule has 1 aromatic heterocycles. The first-order valence-electron chi connectivity index (χ1n) is 7.63. The highest BCUT2D eigenvalue weighted by atomic mass is 16.1. The predicted octanol–water partition coefficient (Wildman–Crippen LogP) is 3.04. The fraction of sp³-hybridized carbons (Fsp3) is 0.158. The number of rotatable bonds is 5. The summed E-state index contributed by atoms with van der Waals surface area (Å²) >= 11 is 0. The van der Waals surface area contributed by atoms with Crippen LogP contribution in [0.25, 0.3) is 5.69 Å². The van der Waals surface area contributed by atoms with E-state index < -0.39 is 0 Å². The maximum atomic E-state index is 12.1. The first-order chi connectivity index (χ1) is 11.2. The van der Waals surface area contributed by atoms with E-state index in [0.717, 1.165) is 22.6 Å². The van der Waals surface area contributed by atoms with Gasteiger partial charge < -0.3 is 9.88 Å². The Labute approximate surface area is 135 Å². The molecule has 3 rings (SSSR count). The molecule has 0 unspecified atom stereocenters. The van der Waals surface area contributed by atoms with Crippen LogP contribution in [0.5, 0.6) is 0 Å². The third-order valence-corrected chi connectivity index (χ3v) is 3.76. The largest absolute Gasteiger partial charge is 0.352 e. The van der Waals surface area contributed by atoms with Crippen molar-refractivity contribution in [3.8, 4) is 5.69 Å². The summed E-state index contributed by atoms with van der Waals surface area (Å²) in [5, 5.41) is 3.00. The molecule has 2 aromatic carbocycles. The topological polar surface area (TPSA) is 46.9 Å². The molecule has 0 saturated heterocycles. The van der Waals surface area contributed by atoms with Crippen LogP contribution in [0.15, 0.2) is 67.0 Å². The normalized spacial score (nSPS) is 10.5. The molecular formula is C19H19N3O. The van der Waals surface area contributed by atoms with Crippen molar-refractivity contribution < 1.29 is 4.79 Å². The number of nitrogens with one attached hydrogen (secondary N) is 1. The number of aryl methyl sites for hydroxylation is 1. The van der Waals surface area contributed by atoms with E-state index in [2.05, 4.69) is 10.3 Å². The van der Waals surface area contributed by atoms with Gasteiger partial charge in [0.2, 0.25) is 5.91 Å². The summed E-state index contributed by atoms with van der Waals surface area (Å²) in [5.74, 6) is 0.946. The number of carbonyl (C=O) groups is 1. The number of amides is 1. The number of carbonyl (C=O) groups excluding carboxylic acids is 1. The number of hydrogen-bond acceptors (Lipinski definition) is 2. The van der Waals surface area contributed by atoms with Crippen molar-refractivity contribution in [2.24, 2.45) is 0 Å². The van der Waals surface area contributed by atoms with Gasteiger partial charge in [0.15, 0.2) is 0 Å². The van der Waals surface area contributed by atoms with Gasteiger partial charge in [-0.1, -0.05) is 48.5 Å². The zero-order chi connectivity index (χ0) is 16.1. The second-order valence-corrected chi connectivity index (χ2v) is 5.41. The van der Waals surface area contributed by atoms with Gasteiger partial charge in [0.05, 0.1) is 12.1 Å². The minimum Gasteiger partial charge on any atom is -0.352 e. The van der Waals surface area contributed by atoms with Gasteiger partial charge in [-0.25, -0.2) is 4.98 Å². The van der Waals surface area contributed by atoms with Gasteiger partial charge in [-0.3, -0.25) is 4.79 Å². The lowest BCUT2D eigenvalue weighted by atomic mass is 10.1. The number of nitrogens with zero attached hydrogens (tertiary/aromatic N) is 2. The van der Waals surface area contributed by atoms with E-state index in [1.807, 2.05) is 72.3 Å². The Balaban J connectivity index is 1.69. The number of imidazole rings is 1. The molecule has 0 aliphatic carbocycles. The zero-order valence-electron chi connectivity index (χ0n) is 13.1. The van der Waals surface area contributed by atoms with E-state index in [0.29, 0.717) is 13.0 Å². The fourth-order valence-corrected chi connectivity index (χ4v) is 2.57. The zero-order valence-corrected chi connectivity index (χ0v) is 13.1. The number of benzene rings is 2. The molecule has 0 atom stereocenters. The molecule has 0 aliphatic heterocycles. The van der Waals surface area contributed by atoms with Crippen molar-refractivity contribution in [3.63, 3.8) is 0 Å². The number of para-hydroxylation sites is 1. The minimum atomic E-state index is 0.0216. The van der Waals surface area contributed by atoms with Gasteiger partial charge in [-0.2, -0.15) is 0 Å². The lowest BCUT2D eigenvalue weighted by Crippen LogP contribution is -2.25. The lowest BCUT2D eigenvalue weighted by molar-refractivity contribution is -0.120. The first kappa shape index (κ1) is 15.0. The average molecular weight is 305 g/mol. The second kappa shape index (κ2) is 6.92. The molecule has 4 nitrogen and oxygen atoms in total. The van der Waals surface area contributed by atoms with E-state index in [4.69, 9.17) is 0 Å². The molecule has 1 amide bonds. The second-order valence-electron chi connectivity index (χ2n) is 5.41. The van der Waals surface area contributed by atoms with Crippen molar-refractivity contribution in [1.82, 2.24) is 14.9 Å². The van der Waals surface area contributed by atoms with E-state index >= 15 is 0 Å².